The molecule has 10 heteroatoms. The van der Waals surface area contributed by atoms with E-state index < -0.39 is 13.0 Å². The standard InChI is InChI=1S/C22H21BN4O4S/c1-12-18(15-7-4-8-16(20(24)28)19(15)32-12)22-26-11-17(31-2)21(27-22)25-10-13-5-3-6-14(9-13)23(29)30/h3-9,11,29-30H,10H2,1-2H3,(H2,24,28)(H,25,26,27). The second-order valence-electron chi connectivity index (χ2n) is 7.16. The number of ether oxygens (including phenoxy) is 1. The lowest BCUT2D eigenvalue weighted by atomic mass is 9.80. The number of benzene rings is 2. The van der Waals surface area contributed by atoms with Crippen LogP contribution in [0.25, 0.3) is 21.5 Å². The summed E-state index contributed by atoms with van der Waals surface area (Å²) in [6, 6.07) is 12.4. The topological polar surface area (TPSA) is 131 Å². The summed E-state index contributed by atoms with van der Waals surface area (Å²) in [7, 11) is 0.00621. The van der Waals surface area contributed by atoms with E-state index in [0.717, 1.165) is 26.1 Å². The van der Waals surface area contributed by atoms with Crippen molar-refractivity contribution in [3.8, 4) is 17.1 Å². The summed E-state index contributed by atoms with van der Waals surface area (Å²) in [6.45, 7) is 2.35. The number of nitrogens with one attached hydrogen (secondary N) is 1. The number of aryl methyl sites for hydroxylation is 1. The third kappa shape index (κ3) is 4.15. The second kappa shape index (κ2) is 8.95. The molecule has 8 nitrogen and oxygen atoms in total. The number of aromatic nitrogens is 2. The van der Waals surface area contributed by atoms with E-state index in [2.05, 4.69) is 15.3 Å². The van der Waals surface area contributed by atoms with Crippen LogP contribution in [0.15, 0.2) is 48.7 Å². The summed E-state index contributed by atoms with van der Waals surface area (Å²) in [5, 5.41) is 22.9. The molecule has 0 radical (unpaired) electrons. The van der Waals surface area contributed by atoms with E-state index in [9.17, 15) is 14.8 Å². The number of nitrogens with two attached hydrogens (primary N) is 1. The molecule has 162 valence electrons. The predicted molar refractivity (Wildman–Crippen MR) is 126 cm³/mol. The molecule has 2 aromatic heterocycles. The van der Waals surface area contributed by atoms with Crippen LogP contribution in [0.3, 0.4) is 0 Å². The van der Waals surface area contributed by atoms with Crippen LogP contribution in [0.1, 0.15) is 20.8 Å². The highest BCUT2D eigenvalue weighted by Gasteiger charge is 2.19. The van der Waals surface area contributed by atoms with Crippen molar-refractivity contribution in [1.29, 1.82) is 0 Å². The number of amides is 1. The molecule has 0 fully saturated rings. The highest BCUT2D eigenvalue weighted by Crippen LogP contribution is 2.39. The van der Waals surface area contributed by atoms with Crippen LogP contribution < -0.4 is 21.3 Å². The van der Waals surface area contributed by atoms with E-state index in [-0.39, 0.29) is 0 Å². The van der Waals surface area contributed by atoms with Crippen molar-refractivity contribution in [2.24, 2.45) is 5.73 Å². The molecule has 0 aliphatic rings. The summed E-state index contributed by atoms with van der Waals surface area (Å²) in [6.07, 6.45) is 1.60. The van der Waals surface area contributed by atoms with Crippen LogP contribution in [-0.2, 0) is 6.54 Å². The molecule has 2 heterocycles. The summed E-state index contributed by atoms with van der Waals surface area (Å²) in [5.74, 6) is 0.995. The van der Waals surface area contributed by atoms with E-state index in [1.807, 2.05) is 19.1 Å². The first-order valence-corrected chi connectivity index (χ1v) is 10.6. The Morgan fingerprint density at radius 2 is 2.03 bits per heavy atom. The molecule has 0 aliphatic carbocycles. The molecule has 32 heavy (non-hydrogen) atoms. The molecule has 5 N–H and O–H groups in total. The first-order valence-electron chi connectivity index (χ1n) is 9.81. The molecule has 0 saturated carbocycles. The third-order valence-corrected chi connectivity index (χ3v) is 6.22. The summed E-state index contributed by atoms with van der Waals surface area (Å²) in [4.78, 5) is 22.0. The van der Waals surface area contributed by atoms with Gasteiger partial charge < -0.3 is 25.8 Å². The monoisotopic (exact) mass is 448 g/mol. The average molecular weight is 448 g/mol. The molecule has 0 spiro atoms. The number of methoxy groups -OCH3 is 1. The number of nitrogens with zero attached hydrogens (tertiary/aromatic N) is 2. The van der Waals surface area contributed by atoms with Crippen molar-refractivity contribution in [3.63, 3.8) is 0 Å². The van der Waals surface area contributed by atoms with Crippen molar-refractivity contribution in [2.75, 3.05) is 12.4 Å². The van der Waals surface area contributed by atoms with Gasteiger partial charge >= 0.3 is 7.12 Å². The van der Waals surface area contributed by atoms with Crippen LogP contribution in [-0.4, -0.2) is 40.2 Å². The molecule has 1 amide bonds. The number of rotatable bonds is 7. The van der Waals surface area contributed by atoms with E-state index in [4.69, 9.17) is 10.5 Å². The smallest absolute Gasteiger partial charge is 0.488 e. The quantitative estimate of drug-likeness (QED) is 0.319. The van der Waals surface area contributed by atoms with Gasteiger partial charge in [0, 0.05) is 27.1 Å². The Kier molecular flexibility index (Phi) is 6.09. The van der Waals surface area contributed by atoms with Crippen molar-refractivity contribution < 1.29 is 19.6 Å². The normalized spacial score (nSPS) is 10.9. The Bertz CT molecular complexity index is 1310. The Labute approximate surface area is 188 Å². The lowest BCUT2D eigenvalue weighted by Gasteiger charge is -2.12. The van der Waals surface area contributed by atoms with Crippen LogP contribution >= 0.6 is 11.3 Å². The second-order valence-corrected chi connectivity index (χ2v) is 8.39. The molecule has 0 bridgehead atoms. The Morgan fingerprint density at radius 1 is 1.25 bits per heavy atom. The average Bonchev–Trinajstić information content (AvgIpc) is 3.13. The fourth-order valence-electron chi connectivity index (χ4n) is 3.53. The van der Waals surface area contributed by atoms with Crippen LogP contribution in [0, 0.1) is 6.92 Å². The molecule has 2 aromatic carbocycles. The van der Waals surface area contributed by atoms with E-state index >= 15 is 0 Å². The zero-order chi connectivity index (χ0) is 22.8. The van der Waals surface area contributed by atoms with Crippen molar-refractivity contribution in [1.82, 2.24) is 9.97 Å². The van der Waals surface area contributed by atoms with Crippen molar-refractivity contribution >= 4 is 45.7 Å². The number of carbonyl (C=O) groups excluding carboxylic acids is 1. The Hall–Kier alpha value is -3.47. The first-order chi connectivity index (χ1) is 15.4. The van der Waals surface area contributed by atoms with Crippen molar-refractivity contribution in [2.45, 2.75) is 13.5 Å². The third-order valence-electron chi connectivity index (χ3n) is 5.06. The number of primary amides is 1. The lowest BCUT2D eigenvalue weighted by Crippen LogP contribution is -2.30. The fraction of sp³-hybridized carbons (Fsp3) is 0.136. The Balaban J connectivity index is 1.72. The molecular formula is C22H21BN4O4S. The van der Waals surface area contributed by atoms with Crippen LogP contribution in [0.5, 0.6) is 5.75 Å². The van der Waals surface area contributed by atoms with E-state index in [1.54, 1.807) is 36.5 Å². The van der Waals surface area contributed by atoms with Gasteiger partial charge in [0.05, 0.1) is 18.9 Å². The predicted octanol–water partition coefficient (Wildman–Crippen LogP) is 2.07. The van der Waals surface area contributed by atoms with Gasteiger partial charge in [0.1, 0.15) is 0 Å². The molecular weight excluding hydrogens is 427 g/mol. The minimum absolute atomic E-state index is 0.391. The molecule has 0 atom stereocenters. The number of carbonyl (C=O) groups is 1. The number of anilines is 1. The summed E-state index contributed by atoms with van der Waals surface area (Å²) < 4.78 is 6.22. The van der Waals surface area contributed by atoms with Gasteiger partial charge in [0.25, 0.3) is 0 Å². The van der Waals surface area contributed by atoms with Gasteiger partial charge in [-0.25, -0.2) is 9.97 Å². The van der Waals surface area contributed by atoms with Gasteiger partial charge in [-0.3, -0.25) is 4.79 Å². The molecule has 0 aliphatic heterocycles. The Morgan fingerprint density at radius 3 is 2.75 bits per heavy atom. The number of fused-ring (bicyclic) bond motifs is 1. The van der Waals surface area contributed by atoms with E-state index in [0.29, 0.717) is 35.0 Å². The van der Waals surface area contributed by atoms with Crippen LogP contribution in [0.2, 0.25) is 0 Å². The summed E-state index contributed by atoms with van der Waals surface area (Å²) in [5.41, 5.74) is 8.11. The minimum Gasteiger partial charge on any atom is -0.491 e. The van der Waals surface area contributed by atoms with E-state index in [1.165, 1.54) is 18.4 Å². The number of hydrogen-bond donors (Lipinski definition) is 4. The first kappa shape index (κ1) is 21.8. The molecule has 4 aromatic rings. The minimum atomic E-state index is -1.53. The van der Waals surface area contributed by atoms with Gasteiger partial charge in [-0.1, -0.05) is 36.4 Å². The van der Waals surface area contributed by atoms with Gasteiger partial charge in [0.2, 0.25) is 5.91 Å². The maximum Gasteiger partial charge on any atom is 0.488 e. The van der Waals surface area contributed by atoms with Crippen molar-refractivity contribution in [3.05, 3.63) is 64.7 Å². The van der Waals surface area contributed by atoms with Gasteiger partial charge in [-0.2, -0.15) is 0 Å². The fourth-order valence-corrected chi connectivity index (χ4v) is 4.69. The maximum atomic E-state index is 11.8. The van der Waals surface area contributed by atoms with Gasteiger partial charge in [-0.05, 0) is 24.0 Å². The maximum absolute atomic E-state index is 11.8. The van der Waals surface area contributed by atoms with Gasteiger partial charge in [0.15, 0.2) is 17.4 Å². The van der Waals surface area contributed by atoms with Crippen LogP contribution in [0.4, 0.5) is 5.82 Å². The molecule has 0 saturated heterocycles. The number of thiophene rings is 1. The zero-order valence-corrected chi connectivity index (χ0v) is 18.3. The highest BCUT2D eigenvalue weighted by molar-refractivity contribution is 7.20. The lowest BCUT2D eigenvalue weighted by molar-refractivity contribution is 0.100. The highest BCUT2D eigenvalue weighted by atomic mass is 32.1. The number of hydrogen-bond acceptors (Lipinski definition) is 8. The zero-order valence-electron chi connectivity index (χ0n) is 17.5. The largest absolute Gasteiger partial charge is 0.491 e. The summed E-state index contributed by atoms with van der Waals surface area (Å²) >= 11 is 1.48. The van der Waals surface area contributed by atoms with Gasteiger partial charge in [-0.15, -0.1) is 11.3 Å². The SMILES string of the molecule is COc1cnc(-c2c(C)sc3c(C(N)=O)cccc23)nc1NCc1cccc(B(O)O)c1. The molecule has 0 unspecified atom stereocenters. The molecule has 4 rings (SSSR count).